The fraction of sp³-hybridized carbons (Fsp3) is 0.333. The van der Waals surface area contributed by atoms with Crippen LogP contribution >= 0.6 is 0 Å². The predicted octanol–water partition coefficient (Wildman–Crippen LogP) is 1.42. The van der Waals surface area contributed by atoms with Crippen LogP contribution in [0.15, 0.2) is 30.5 Å². The van der Waals surface area contributed by atoms with E-state index in [2.05, 4.69) is 17.1 Å². The molecule has 0 fully saturated rings. The topological polar surface area (TPSA) is 62.0 Å². The Morgan fingerprint density at radius 2 is 2.13 bits per heavy atom. The van der Waals surface area contributed by atoms with E-state index in [4.69, 9.17) is 10.8 Å². The minimum Gasteiger partial charge on any atom is -0.395 e. The Morgan fingerprint density at radius 1 is 1.33 bits per heavy atom. The van der Waals surface area contributed by atoms with E-state index in [0.717, 1.165) is 18.4 Å². The first-order valence-electron chi connectivity index (χ1n) is 5.22. The highest BCUT2D eigenvalue weighted by Crippen LogP contribution is 2.19. The molecule has 80 valence electrons. The van der Waals surface area contributed by atoms with Gasteiger partial charge in [-0.3, -0.25) is 0 Å². The molecule has 0 spiro atoms. The predicted molar refractivity (Wildman–Crippen MR) is 61.7 cm³/mol. The van der Waals surface area contributed by atoms with Crippen molar-refractivity contribution in [2.75, 3.05) is 6.61 Å². The molecule has 2 rings (SSSR count). The van der Waals surface area contributed by atoms with Gasteiger partial charge in [0.1, 0.15) is 0 Å². The van der Waals surface area contributed by atoms with Gasteiger partial charge in [-0.15, -0.1) is 0 Å². The maximum absolute atomic E-state index is 8.84. The van der Waals surface area contributed by atoms with Gasteiger partial charge in [-0.05, 0) is 24.5 Å². The number of aromatic nitrogens is 1. The van der Waals surface area contributed by atoms with E-state index in [1.807, 2.05) is 18.3 Å². The normalized spacial score (nSPS) is 13.2. The number of H-pyrrole nitrogens is 1. The van der Waals surface area contributed by atoms with E-state index in [9.17, 15) is 0 Å². The zero-order chi connectivity index (χ0) is 10.7. The van der Waals surface area contributed by atoms with Gasteiger partial charge in [0.15, 0.2) is 0 Å². The second-order valence-corrected chi connectivity index (χ2v) is 3.84. The molecular formula is C12H16N2O. The Bertz CT molecular complexity index is 436. The Morgan fingerprint density at radius 3 is 2.93 bits per heavy atom. The van der Waals surface area contributed by atoms with Gasteiger partial charge in [-0.1, -0.05) is 18.2 Å². The number of aryl methyl sites for hydroxylation is 1. The Labute approximate surface area is 88.9 Å². The summed E-state index contributed by atoms with van der Waals surface area (Å²) in [7, 11) is 0. The van der Waals surface area contributed by atoms with E-state index in [0.29, 0.717) is 0 Å². The highest BCUT2D eigenvalue weighted by molar-refractivity contribution is 5.82. The molecule has 0 saturated carbocycles. The first kappa shape index (κ1) is 10.2. The zero-order valence-corrected chi connectivity index (χ0v) is 8.61. The molecule has 0 bridgehead atoms. The monoisotopic (exact) mass is 204 g/mol. The number of aliphatic hydroxyl groups is 1. The highest BCUT2D eigenvalue weighted by atomic mass is 16.3. The number of nitrogens with one attached hydrogen (secondary N) is 1. The van der Waals surface area contributed by atoms with Crippen molar-refractivity contribution in [2.45, 2.75) is 18.9 Å². The second-order valence-electron chi connectivity index (χ2n) is 3.84. The van der Waals surface area contributed by atoms with E-state index in [-0.39, 0.29) is 12.6 Å². The van der Waals surface area contributed by atoms with Crippen molar-refractivity contribution >= 4 is 10.9 Å². The average molecular weight is 204 g/mol. The molecule has 1 aromatic heterocycles. The fourth-order valence-electron chi connectivity index (χ4n) is 1.77. The van der Waals surface area contributed by atoms with E-state index >= 15 is 0 Å². The summed E-state index contributed by atoms with van der Waals surface area (Å²) in [5.41, 5.74) is 8.10. The van der Waals surface area contributed by atoms with Crippen LogP contribution in [0.25, 0.3) is 10.9 Å². The van der Waals surface area contributed by atoms with Crippen molar-refractivity contribution in [1.29, 1.82) is 0 Å². The van der Waals surface area contributed by atoms with Gasteiger partial charge in [-0.25, -0.2) is 0 Å². The molecule has 0 aliphatic heterocycles. The summed E-state index contributed by atoms with van der Waals surface area (Å²) >= 11 is 0. The molecule has 3 nitrogen and oxygen atoms in total. The largest absolute Gasteiger partial charge is 0.395 e. The summed E-state index contributed by atoms with van der Waals surface area (Å²) < 4.78 is 0. The average Bonchev–Trinajstić information content (AvgIpc) is 2.69. The van der Waals surface area contributed by atoms with Crippen LogP contribution in [0, 0.1) is 0 Å². The van der Waals surface area contributed by atoms with Gasteiger partial charge >= 0.3 is 0 Å². The fourth-order valence-corrected chi connectivity index (χ4v) is 1.77. The van der Waals surface area contributed by atoms with Crippen LogP contribution in [0.1, 0.15) is 12.0 Å². The Kier molecular flexibility index (Phi) is 3.04. The minimum absolute atomic E-state index is 0.0579. The molecule has 15 heavy (non-hydrogen) atoms. The molecular weight excluding hydrogens is 188 g/mol. The molecule has 2 aromatic rings. The lowest BCUT2D eigenvalue weighted by atomic mass is 10.1. The molecule has 1 aromatic carbocycles. The van der Waals surface area contributed by atoms with Crippen LogP contribution < -0.4 is 5.73 Å². The third-order valence-electron chi connectivity index (χ3n) is 2.69. The summed E-state index contributed by atoms with van der Waals surface area (Å²) in [6, 6.07) is 8.10. The summed E-state index contributed by atoms with van der Waals surface area (Å²) in [5.74, 6) is 0. The van der Waals surface area contributed by atoms with Crippen LogP contribution in [0.3, 0.4) is 0 Å². The third-order valence-corrected chi connectivity index (χ3v) is 2.69. The molecule has 0 amide bonds. The number of hydrogen-bond donors (Lipinski definition) is 3. The molecule has 4 N–H and O–H groups in total. The number of hydrogen-bond acceptors (Lipinski definition) is 2. The van der Waals surface area contributed by atoms with Crippen LogP contribution in [0.5, 0.6) is 0 Å². The molecule has 0 saturated heterocycles. The molecule has 1 heterocycles. The smallest absolute Gasteiger partial charge is 0.0582 e. The van der Waals surface area contributed by atoms with E-state index in [1.165, 1.54) is 10.9 Å². The van der Waals surface area contributed by atoms with Gasteiger partial charge in [0.2, 0.25) is 0 Å². The summed E-state index contributed by atoms with van der Waals surface area (Å²) in [4.78, 5) is 3.23. The van der Waals surface area contributed by atoms with Gasteiger partial charge in [0.25, 0.3) is 0 Å². The summed E-state index contributed by atoms with van der Waals surface area (Å²) in [6.07, 6.45) is 3.75. The molecule has 0 aliphatic rings. The van der Waals surface area contributed by atoms with Gasteiger partial charge in [0.05, 0.1) is 6.61 Å². The van der Waals surface area contributed by atoms with Crippen molar-refractivity contribution in [2.24, 2.45) is 5.73 Å². The number of aromatic amines is 1. The summed E-state index contributed by atoms with van der Waals surface area (Å²) in [6.45, 7) is 0.0579. The van der Waals surface area contributed by atoms with Gasteiger partial charge in [0, 0.05) is 23.1 Å². The van der Waals surface area contributed by atoms with Crippen molar-refractivity contribution < 1.29 is 5.11 Å². The highest BCUT2D eigenvalue weighted by Gasteiger charge is 2.05. The first-order chi connectivity index (χ1) is 7.31. The summed E-state index contributed by atoms with van der Waals surface area (Å²) in [5, 5.41) is 10.1. The SMILES string of the molecule is NC(CO)CCc1c[nH]c2ccccc12. The number of fused-ring (bicyclic) bond motifs is 1. The van der Waals surface area contributed by atoms with E-state index in [1.54, 1.807) is 0 Å². The second kappa shape index (κ2) is 4.47. The van der Waals surface area contributed by atoms with Crippen LogP contribution in [-0.4, -0.2) is 22.7 Å². The van der Waals surface area contributed by atoms with Gasteiger partial charge < -0.3 is 15.8 Å². The lowest BCUT2D eigenvalue weighted by molar-refractivity contribution is 0.260. The molecule has 1 unspecified atom stereocenters. The third kappa shape index (κ3) is 2.19. The lowest BCUT2D eigenvalue weighted by Crippen LogP contribution is -2.24. The number of para-hydroxylation sites is 1. The minimum atomic E-state index is -0.112. The van der Waals surface area contributed by atoms with Crippen molar-refractivity contribution in [3.63, 3.8) is 0 Å². The lowest BCUT2D eigenvalue weighted by Gasteiger charge is -2.06. The van der Waals surface area contributed by atoms with Crippen molar-refractivity contribution in [1.82, 2.24) is 4.98 Å². The molecule has 0 radical (unpaired) electrons. The quantitative estimate of drug-likeness (QED) is 0.705. The Hall–Kier alpha value is -1.32. The number of rotatable bonds is 4. The molecule has 0 aliphatic carbocycles. The maximum atomic E-state index is 8.84. The maximum Gasteiger partial charge on any atom is 0.0582 e. The van der Waals surface area contributed by atoms with Crippen molar-refractivity contribution in [3.05, 3.63) is 36.0 Å². The Balaban J connectivity index is 2.14. The number of benzene rings is 1. The first-order valence-corrected chi connectivity index (χ1v) is 5.22. The molecule has 1 atom stereocenters. The standard InChI is InChI=1S/C12H16N2O/c13-10(8-15)6-5-9-7-14-12-4-2-1-3-11(9)12/h1-4,7,10,14-15H,5-6,8,13H2. The van der Waals surface area contributed by atoms with Crippen molar-refractivity contribution in [3.8, 4) is 0 Å². The van der Waals surface area contributed by atoms with E-state index < -0.39 is 0 Å². The number of aliphatic hydroxyl groups excluding tert-OH is 1. The number of nitrogens with two attached hydrogens (primary N) is 1. The van der Waals surface area contributed by atoms with Gasteiger partial charge in [-0.2, -0.15) is 0 Å². The van der Waals surface area contributed by atoms with Crippen LogP contribution in [-0.2, 0) is 6.42 Å². The molecule has 3 heteroatoms. The van der Waals surface area contributed by atoms with Crippen LogP contribution in [0.2, 0.25) is 0 Å². The zero-order valence-electron chi connectivity index (χ0n) is 8.61. The van der Waals surface area contributed by atoms with Crippen LogP contribution in [0.4, 0.5) is 0 Å².